The first kappa shape index (κ1) is 17.8. The fraction of sp³-hybridized carbons (Fsp3) is 0.190. The zero-order valence-electron chi connectivity index (χ0n) is 14.8. The second kappa shape index (κ2) is 7.56. The molecule has 0 radical (unpaired) electrons. The largest absolute Gasteiger partial charge is 0.486 e. The van der Waals surface area contributed by atoms with E-state index in [0.717, 1.165) is 22.0 Å². The lowest BCUT2D eigenvalue weighted by Crippen LogP contribution is -2.08. The second-order valence-corrected chi connectivity index (χ2v) is 6.36. The maximum atomic E-state index is 11.5. The van der Waals surface area contributed by atoms with Gasteiger partial charge < -0.3 is 19.3 Å². The highest BCUT2D eigenvalue weighted by molar-refractivity contribution is 5.81. The van der Waals surface area contributed by atoms with Crippen LogP contribution in [0.4, 0.5) is 0 Å². The molecule has 28 heavy (non-hydrogen) atoms. The first-order valence-electron chi connectivity index (χ1n) is 8.71. The summed E-state index contributed by atoms with van der Waals surface area (Å²) >= 11 is 0. The highest BCUT2D eigenvalue weighted by atomic mass is 16.7. The van der Waals surface area contributed by atoms with Gasteiger partial charge in [0.25, 0.3) is 0 Å². The molecule has 0 saturated carbocycles. The highest BCUT2D eigenvalue weighted by Gasteiger charge is 2.22. The van der Waals surface area contributed by atoms with Gasteiger partial charge in [0.2, 0.25) is 6.79 Å². The monoisotopic (exact) mass is 379 g/mol. The fourth-order valence-corrected chi connectivity index (χ4v) is 3.27. The number of benzene rings is 2. The van der Waals surface area contributed by atoms with Crippen LogP contribution in [0.2, 0.25) is 0 Å². The number of ether oxygens (including phenoxy) is 3. The molecule has 7 heteroatoms. The van der Waals surface area contributed by atoms with Crippen molar-refractivity contribution in [1.29, 1.82) is 0 Å². The summed E-state index contributed by atoms with van der Waals surface area (Å²) in [6.07, 6.45) is 2.28. The van der Waals surface area contributed by atoms with Crippen LogP contribution in [0.1, 0.15) is 23.5 Å². The third-order valence-electron chi connectivity index (χ3n) is 4.57. The Morgan fingerprint density at radius 1 is 1.14 bits per heavy atom. The van der Waals surface area contributed by atoms with Gasteiger partial charge in [-0.15, -0.1) is 0 Å². The number of aromatic nitrogens is 1. The van der Waals surface area contributed by atoms with Gasteiger partial charge in [-0.3, -0.25) is 14.6 Å². The van der Waals surface area contributed by atoms with Gasteiger partial charge in [0.05, 0.1) is 11.9 Å². The quantitative estimate of drug-likeness (QED) is 0.630. The molecule has 0 fully saturated rings. The van der Waals surface area contributed by atoms with E-state index in [9.17, 15) is 14.7 Å². The lowest BCUT2D eigenvalue weighted by Gasteiger charge is -2.17. The first-order valence-corrected chi connectivity index (χ1v) is 8.71. The highest BCUT2D eigenvalue weighted by Crippen LogP contribution is 2.38. The smallest absolute Gasteiger partial charge is 0.304 e. The van der Waals surface area contributed by atoms with Gasteiger partial charge in [0.1, 0.15) is 12.4 Å². The van der Waals surface area contributed by atoms with Gasteiger partial charge in [-0.05, 0) is 47.5 Å². The van der Waals surface area contributed by atoms with Gasteiger partial charge in [-0.1, -0.05) is 6.07 Å². The minimum absolute atomic E-state index is 0.0303. The molecule has 0 bridgehead atoms. The van der Waals surface area contributed by atoms with Crippen LogP contribution in [-0.2, 0) is 9.59 Å². The summed E-state index contributed by atoms with van der Waals surface area (Å²) in [4.78, 5) is 26.5. The Morgan fingerprint density at radius 3 is 2.82 bits per heavy atom. The number of rotatable bonds is 7. The van der Waals surface area contributed by atoms with E-state index < -0.39 is 11.9 Å². The van der Waals surface area contributed by atoms with Crippen molar-refractivity contribution in [3.05, 3.63) is 59.8 Å². The topological polar surface area (TPSA) is 95.0 Å². The fourth-order valence-electron chi connectivity index (χ4n) is 3.27. The van der Waals surface area contributed by atoms with E-state index in [1.165, 1.54) is 0 Å². The van der Waals surface area contributed by atoms with Gasteiger partial charge in [0, 0.05) is 17.5 Å². The number of carbonyl (C=O) groups excluding carboxylic acids is 1. The van der Waals surface area contributed by atoms with Crippen LogP contribution in [-0.4, -0.2) is 35.7 Å². The summed E-state index contributed by atoms with van der Waals surface area (Å²) in [5.74, 6) is 0.489. The molecule has 2 aromatic carbocycles. The molecular weight excluding hydrogens is 362 g/mol. The van der Waals surface area contributed by atoms with Crippen molar-refractivity contribution in [2.24, 2.45) is 0 Å². The number of fused-ring (bicyclic) bond motifs is 2. The Kier molecular flexibility index (Phi) is 4.80. The lowest BCUT2D eigenvalue weighted by molar-refractivity contribution is -0.137. The van der Waals surface area contributed by atoms with Crippen LogP contribution in [0, 0.1) is 0 Å². The summed E-state index contributed by atoms with van der Waals surface area (Å²) in [5, 5.41) is 10.2. The van der Waals surface area contributed by atoms with Crippen molar-refractivity contribution in [1.82, 2.24) is 4.98 Å². The average Bonchev–Trinajstić information content (AvgIpc) is 3.17. The summed E-state index contributed by atoms with van der Waals surface area (Å²) < 4.78 is 16.1. The molecule has 3 aromatic rings. The summed E-state index contributed by atoms with van der Waals surface area (Å²) in [7, 11) is 0. The van der Waals surface area contributed by atoms with Crippen molar-refractivity contribution < 1.29 is 28.9 Å². The number of pyridine rings is 1. The third kappa shape index (κ3) is 3.59. The van der Waals surface area contributed by atoms with Gasteiger partial charge in [-0.2, -0.15) is 0 Å². The molecule has 1 unspecified atom stereocenters. The molecule has 1 aliphatic heterocycles. The Balaban J connectivity index is 1.73. The van der Waals surface area contributed by atoms with E-state index in [1.54, 1.807) is 30.5 Å². The molecule has 1 aliphatic rings. The normalized spacial score (nSPS) is 13.3. The van der Waals surface area contributed by atoms with Crippen molar-refractivity contribution in [2.75, 3.05) is 13.4 Å². The number of aldehydes is 1. The van der Waals surface area contributed by atoms with Gasteiger partial charge in [0.15, 0.2) is 17.8 Å². The van der Waals surface area contributed by atoms with Crippen molar-refractivity contribution in [3.63, 3.8) is 0 Å². The summed E-state index contributed by atoms with van der Waals surface area (Å²) in [6.45, 7) is 0.126. The van der Waals surface area contributed by atoms with Crippen LogP contribution in [0.25, 0.3) is 10.9 Å². The molecule has 0 aliphatic carbocycles. The second-order valence-electron chi connectivity index (χ2n) is 6.36. The molecular formula is C21H17NO6. The van der Waals surface area contributed by atoms with E-state index in [1.807, 2.05) is 18.2 Å². The van der Waals surface area contributed by atoms with Crippen LogP contribution in [0.15, 0.2) is 48.7 Å². The van der Waals surface area contributed by atoms with Crippen LogP contribution >= 0.6 is 0 Å². The molecule has 2 heterocycles. The van der Waals surface area contributed by atoms with Gasteiger partial charge in [-0.25, -0.2) is 0 Å². The molecule has 0 amide bonds. The molecule has 142 valence electrons. The van der Waals surface area contributed by atoms with E-state index in [4.69, 9.17) is 14.2 Å². The Hall–Kier alpha value is -3.61. The number of hydrogen-bond acceptors (Lipinski definition) is 6. The van der Waals surface area contributed by atoms with Crippen molar-refractivity contribution in [3.8, 4) is 17.2 Å². The minimum Gasteiger partial charge on any atom is -0.486 e. The Labute approximate surface area is 160 Å². The molecule has 1 atom stereocenters. The van der Waals surface area contributed by atoms with E-state index in [0.29, 0.717) is 23.5 Å². The first-order chi connectivity index (χ1) is 13.6. The average molecular weight is 379 g/mol. The van der Waals surface area contributed by atoms with E-state index in [-0.39, 0.29) is 19.8 Å². The van der Waals surface area contributed by atoms with Crippen LogP contribution in [0.5, 0.6) is 17.2 Å². The molecule has 1 N–H and O–H groups in total. The molecule has 0 saturated heterocycles. The Bertz CT molecular complexity index is 1050. The maximum absolute atomic E-state index is 11.5. The number of carboxylic acids is 1. The SMILES string of the molecule is O=CCOc1ccc2ncc(C(CC(=O)O)c3ccc4c(c3)OCO4)cc2c1. The standard InChI is InChI=1S/C21H17NO6/c23-5-6-26-16-2-3-18-14(8-16)7-15(11-22-18)17(10-21(24)25)13-1-4-19-20(9-13)28-12-27-19/h1-5,7-9,11,17H,6,10,12H2,(H,24,25). The number of hydrogen-bond donors (Lipinski definition) is 1. The van der Waals surface area contributed by atoms with Crippen LogP contribution in [0.3, 0.4) is 0 Å². The molecule has 0 spiro atoms. The van der Waals surface area contributed by atoms with E-state index in [2.05, 4.69) is 4.98 Å². The van der Waals surface area contributed by atoms with Gasteiger partial charge >= 0.3 is 5.97 Å². The maximum Gasteiger partial charge on any atom is 0.304 e. The lowest BCUT2D eigenvalue weighted by atomic mass is 9.88. The summed E-state index contributed by atoms with van der Waals surface area (Å²) in [6, 6.07) is 12.7. The number of carbonyl (C=O) groups is 2. The predicted molar refractivity (Wildman–Crippen MR) is 100.0 cm³/mol. The number of carboxylic acid groups (broad SMARTS) is 1. The Morgan fingerprint density at radius 2 is 2.00 bits per heavy atom. The van der Waals surface area contributed by atoms with Crippen molar-refractivity contribution in [2.45, 2.75) is 12.3 Å². The predicted octanol–water partition coefficient (Wildman–Crippen LogP) is 3.15. The minimum atomic E-state index is -0.911. The number of aliphatic carboxylic acids is 1. The molecule has 1 aromatic heterocycles. The zero-order chi connectivity index (χ0) is 19.5. The van der Waals surface area contributed by atoms with Crippen LogP contribution < -0.4 is 14.2 Å². The van der Waals surface area contributed by atoms with E-state index >= 15 is 0 Å². The summed E-state index contributed by atoms with van der Waals surface area (Å²) in [5.41, 5.74) is 2.32. The number of nitrogens with zero attached hydrogens (tertiary/aromatic N) is 1. The molecule has 7 nitrogen and oxygen atoms in total. The molecule has 4 rings (SSSR count). The van der Waals surface area contributed by atoms with Crippen molar-refractivity contribution >= 4 is 23.2 Å². The third-order valence-corrected chi connectivity index (χ3v) is 4.57. The zero-order valence-corrected chi connectivity index (χ0v) is 14.8.